The van der Waals surface area contributed by atoms with E-state index < -0.39 is 30.2 Å². The molecule has 120 valence electrons. The molecule has 0 aliphatic carbocycles. The van der Waals surface area contributed by atoms with E-state index in [-0.39, 0.29) is 0 Å². The number of rotatable bonds is 5. The standard InChI is InChI=1S/C17H23BF2O2/c1-16(2)17(3,4)22-18(21-16)14(12-15(19)20)11-10-13-8-6-5-7-9-13/h5-9,12,14H,10-11H2,1-4H3/t14-/m0/s1. The van der Waals surface area contributed by atoms with E-state index >= 15 is 0 Å². The average molecular weight is 308 g/mol. The van der Waals surface area contributed by atoms with Crippen molar-refractivity contribution in [3.05, 3.63) is 48.1 Å². The van der Waals surface area contributed by atoms with Crippen molar-refractivity contribution in [1.82, 2.24) is 0 Å². The highest BCUT2D eigenvalue weighted by atomic mass is 19.3. The van der Waals surface area contributed by atoms with Gasteiger partial charge in [0.05, 0.1) is 11.2 Å². The van der Waals surface area contributed by atoms with E-state index in [2.05, 4.69) is 0 Å². The Labute approximate surface area is 131 Å². The Balaban J connectivity index is 2.09. The van der Waals surface area contributed by atoms with Crippen molar-refractivity contribution in [2.45, 2.75) is 57.6 Å². The summed E-state index contributed by atoms with van der Waals surface area (Å²) in [7, 11) is -0.643. The number of hydrogen-bond acceptors (Lipinski definition) is 2. The monoisotopic (exact) mass is 308 g/mol. The predicted octanol–water partition coefficient (Wildman–Crippen LogP) is 4.86. The van der Waals surface area contributed by atoms with Crippen molar-refractivity contribution in [2.24, 2.45) is 0 Å². The Morgan fingerprint density at radius 3 is 2.14 bits per heavy atom. The summed E-state index contributed by atoms with van der Waals surface area (Å²) in [6, 6.07) is 9.83. The smallest absolute Gasteiger partial charge is 0.403 e. The molecule has 1 heterocycles. The SMILES string of the molecule is CC1(C)OB([C@H](C=C(F)F)CCc2ccccc2)OC1(C)C. The molecule has 1 aliphatic heterocycles. The Kier molecular flexibility index (Phi) is 5.08. The van der Waals surface area contributed by atoms with E-state index in [4.69, 9.17) is 9.31 Å². The van der Waals surface area contributed by atoms with Gasteiger partial charge in [0, 0.05) is 5.82 Å². The maximum atomic E-state index is 12.8. The molecule has 1 saturated heterocycles. The first-order valence-electron chi connectivity index (χ1n) is 7.64. The molecular weight excluding hydrogens is 285 g/mol. The first kappa shape index (κ1) is 17.2. The van der Waals surface area contributed by atoms with Crippen molar-refractivity contribution in [2.75, 3.05) is 0 Å². The van der Waals surface area contributed by atoms with Crippen LogP contribution in [0.25, 0.3) is 0 Å². The lowest BCUT2D eigenvalue weighted by Gasteiger charge is -2.32. The summed E-state index contributed by atoms with van der Waals surface area (Å²) in [5, 5.41) is 0. The second kappa shape index (κ2) is 6.51. The number of halogens is 2. The van der Waals surface area contributed by atoms with Crippen LogP contribution in [0.3, 0.4) is 0 Å². The normalized spacial score (nSPS) is 20.7. The van der Waals surface area contributed by atoms with Gasteiger partial charge in [-0.1, -0.05) is 30.3 Å². The summed E-state index contributed by atoms with van der Waals surface area (Å²) in [5.41, 5.74) is 0.101. The highest BCUT2D eigenvalue weighted by molar-refractivity contribution is 6.48. The van der Waals surface area contributed by atoms with Gasteiger partial charge in [0.15, 0.2) is 0 Å². The van der Waals surface area contributed by atoms with Crippen molar-refractivity contribution < 1.29 is 18.1 Å². The molecule has 0 spiro atoms. The topological polar surface area (TPSA) is 18.5 Å². The van der Waals surface area contributed by atoms with E-state index in [1.165, 1.54) is 0 Å². The predicted molar refractivity (Wildman–Crippen MR) is 84.9 cm³/mol. The number of hydrogen-bond donors (Lipinski definition) is 0. The minimum Gasteiger partial charge on any atom is -0.403 e. The van der Waals surface area contributed by atoms with Crippen LogP contribution in [0, 0.1) is 0 Å². The van der Waals surface area contributed by atoms with E-state index in [9.17, 15) is 8.78 Å². The van der Waals surface area contributed by atoms with Crippen LogP contribution in [-0.2, 0) is 15.7 Å². The molecule has 0 saturated carbocycles. The zero-order valence-corrected chi connectivity index (χ0v) is 13.6. The lowest BCUT2D eigenvalue weighted by Crippen LogP contribution is -2.41. The summed E-state index contributed by atoms with van der Waals surface area (Å²) >= 11 is 0. The third-order valence-corrected chi connectivity index (χ3v) is 4.57. The van der Waals surface area contributed by atoms with Crippen LogP contribution in [-0.4, -0.2) is 18.3 Å². The molecule has 1 aliphatic rings. The molecule has 1 fully saturated rings. The van der Waals surface area contributed by atoms with Gasteiger partial charge in [-0.05, 0) is 52.2 Å². The molecule has 2 nitrogen and oxygen atoms in total. The highest BCUT2D eigenvalue weighted by Gasteiger charge is 2.53. The fraction of sp³-hybridized carbons (Fsp3) is 0.529. The van der Waals surface area contributed by atoms with Gasteiger partial charge in [-0.15, -0.1) is 0 Å². The first-order valence-corrected chi connectivity index (χ1v) is 7.64. The summed E-state index contributed by atoms with van der Waals surface area (Å²) in [4.78, 5) is 0. The van der Waals surface area contributed by atoms with Crippen LogP contribution in [0.2, 0.25) is 5.82 Å². The first-order chi connectivity index (χ1) is 10.2. The molecular formula is C17H23BF2O2. The summed E-state index contributed by atoms with van der Waals surface area (Å²) in [5.74, 6) is -0.466. The molecule has 1 aromatic carbocycles. The van der Waals surface area contributed by atoms with Crippen molar-refractivity contribution in [1.29, 1.82) is 0 Å². The molecule has 0 aromatic heterocycles. The Bertz CT molecular complexity index is 509. The zero-order chi connectivity index (χ0) is 16.4. The van der Waals surface area contributed by atoms with E-state index in [1.807, 2.05) is 58.0 Å². The fourth-order valence-corrected chi connectivity index (χ4v) is 2.50. The lowest BCUT2D eigenvalue weighted by molar-refractivity contribution is 0.00578. The fourth-order valence-electron chi connectivity index (χ4n) is 2.50. The molecule has 0 N–H and O–H groups in total. The van der Waals surface area contributed by atoms with Crippen molar-refractivity contribution >= 4 is 7.12 Å². The van der Waals surface area contributed by atoms with E-state index in [0.717, 1.165) is 11.6 Å². The molecule has 0 bridgehead atoms. The number of allylic oxidation sites excluding steroid dienone is 1. The average Bonchev–Trinajstić information content (AvgIpc) is 2.64. The van der Waals surface area contributed by atoms with Crippen LogP contribution in [0.4, 0.5) is 8.78 Å². The Morgan fingerprint density at radius 2 is 1.64 bits per heavy atom. The van der Waals surface area contributed by atoms with Gasteiger partial charge >= 0.3 is 7.12 Å². The summed E-state index contributed by atoms with van der Waals surface area (Å²) in [6.45, 7) is 7.71. The van der Waals surface area contributed by atoms with Crippen LogP contribution >= 0.6 is 0 Å². The Morgan fingerprint density at radius 1 is 1.09 bits per heavy atom. The number of benzene rings is 1. The summed E-state index contributed by atoms with van der Waals surface area (Å²) in [6.07, 6.45) is 0.538. The number of aryl methyl sites for hydroxylation is 1. The molecule has 1 aromatic rings. The van der Waals surface area contributed by atoms with Crippen molar-refractivity contribution in [3.8, 4) is 0 Å². The van der Waals surface area contributed by atoms with E-state index in [0.29, 0.717) is 12.8 Å². The third kappa shape index (κ3) is 3.96. The molecule has 5 heteroatoms. The van der Waals surface area contributed by atoms with Gasteiger partial charge in [-0.3, -0.25) is 0 Å². The maximum absolute atomic E-state index is 12.8. The van der Waals surface area contributed by atoms with E-state index in [1.54, 1.807) is 0 Å². The van der Waals surface area contributed by atoms with Gasteiger partial charge < -0.3 is 9.31 Å². The molecule has 22 heavy (non-hydrogen) atoms. The minimum absolute atomic E-state index is 0.466. The third-order valence-electron chi connectivity index (χ3n) is 4.57. The second-order valence-electron chi connectivity index (χ2n) is 6.77. The maximum Gasteiger partial charge on any atom is 0.465 e. The van der Waals surface area contributed by atoms with Crippen LogP contribution in [0.5, 0.6) is 0 Å². The molecule has 2 rings (SSSR count). The quantitative estimate of drug-likeness (QED) is 0.723. The second-order valence-corrected chi connectivity index (χ2v) is 6.77. The molecule has 1 atom stereocenters. The van der Waals surface area contributed by atoms with Gasteiger partial charge in [0.1, 0.15) is 0 Å². The summed E-state index contributed by atoms with van der Waals surface area (Å²) < 4.78 is 37.4. The van der Waals surface area contributed by atoms with Crippen LogP contribution in [0.1, 0.15) is 39.7 Å². The Hall–Kier alpha value is -1.20. The van der Waals surface area contributed by atoms with Gasteiger partial charge in [0.2, 0.25) is 0 Å². The largest absolute Gasteiger partial charge is 0.465 e. The lowest BCUT2D eigenvalue weighted by atomic mass is 9.69. The van der Waals surface area contributed by atoms with Crippen molar-refractivity contribution in [3.63, 3.8) is 0 Å². The molecule has 0 unspecified atom stereocenters. The molecule has 0 radical (unpaired) electrons. The van der Waals surface area contributed by atoms with Gasteiger partial charge in [-0.2, -0.15) is 8.78 Å². The van der Waals surface area contributed by atoms with Gasteiger partial charge in [-0.25, -0.2) is 0 Å². The molecule has 0 amide bonds. The highest BCUT2D eigenvalue weighted by Crippen LogP contribution is 2.41. The van der Waals surface area contributed by atoms with Gasteiger partial charge in [0.25, 0.3) is 6.08 Å². The van der Waals surface area contributed by atoms with Crippen LogP contribution in [0.15, 0.2) is 42.5 Å². The van der Waals surface area contributed by atoms with Crippen LogP contribution < -0.4 is 0 Å². The zero-order valence-electron chi connectivity index (χ0n) is 13.6. The minimum atomic E-state index is -1.69.